The third-order valence-corrected chi connectivity index (χ3v) is 10.8. The van der Waals surface area contributed by atoms with Gasteiger partial charge in [-0.05, 0) is 96.1 Å². The van der Waals surface area contributed by atoms with Crippen LogP contribution in [-0.4, -0.2) is 73.4 Å². The topological polar surface area (TPSA) is 146 Å². The molecule has 0 radical (unpaired) electrons. The van der Waals surface area contributed by atoms with E-state index >= 15 is 0 Å². The Balaban J connectivity index is 1.41. The Morgan fingerprint density at radius 1 is 1.07 bits per heavy atom. The first-order valence-corrected chi connectivity index (χ1v) is 16.9. The summed E-state index contributed by atoms with van der Waals surface area (Å²) < 4.78 is 32.1. The molecule has 45 heavy (non-hydrogen) atoms. The van der Waals surface area contributed by atoms with E-state index in [1.165, 1.54) is 10.4 Å². The molecule has 2 aliphatic carbocycles. The van der Waals surface area contributed by atoms with Gasteiger partial charge >= 0.3 is 6.01 Å². The van der Waals surface area contributed by atoms with Crippen LogP contribution in [0.5, 0.6) is 6.01 Å². The maximum absolute atomic E-state index is 14.0. The number of ether oxygens (including phenoxy) is 2. The molecular formula is C32H46FN7O4S. The summed E-state index contributed by atoms with van der Waals surface area (Å²) in [4.78, 5) is 22.3. The first-order chi connectivity index (χ1) is 21.2. The number of fused-ring (bicyclic) bond motifs is 1. The highest BCUT2D eigenvalue weighted by Gasteiger charge is 2.44. The second-order valence-corrected chi connectivity index (χ2v) is 15.7. The lowest BCUT2D eigenvalue weighted by molar-refractivity contribution is -0.0166. The summed E-state index contributed by atoms with van der Waals surface area (Å²) >= 11 is 1.66. The van der Waals surface area contributed by atoms with Gasteiger partial charge in [-0.25, -0.2) is 4.39 Å². The lowest BCUT2D eigenvalue weighted by Gasteiger charge is -2.38. The van der Waals surface area contributed by atoms with Gasteiger partial charge in [0.1, 0.15) is 17.9 Å². The third-order valence-electron chi connectivity index (χ3n) is 9.66. The molecule has 0 amide bonds. The van der Waals surface area contributed by atoms with Crippen molar-refractivity contribution in [2.75, 3.05) is 30.4 Å². The molecule has 0 bridgehead atoms. The molecule has 2 fully saturated rings. The van der Waals surface area contributed by atoms with Crippen LogP contribution in [0, 0.1) is 5.92 Å². The van der Waals surface area contributed by atoms with Crippen molar-refractivity contribution in [1.82, 2.24) is 25.1 Å². The van der Waals surface area contributed by atoms with Gasteiger partial charge in [0.2, 0.25) is 23.5 Å². The molecule has 5 atom stereocenters. The molecule has 0 spiro atoms. The van der Waals surface area contributed by atoms with Gasteiger partial charge in [-0.3, -0.25) is 0 Å². The number of alkyl halides is 1. The van der Waals surface area contributed by atoms with Gasteiger partial charge in [-0.1, -0.05) is 19.0 Å². The second kappa shape index (κ2) is 11.7. The molecule has 0 unspecified atom stereocenters. The van der Waals surface area contributed by atoms with Crippen LogP contribution in [0.1, 0.15) is 108 Å². The minimum atomic E-state index is -1.14. The average Bonchev–Trinajstić information content (AvgIpc) is 3.68. The lowest BCUT2D eigenvalue weighted by atomic mass is 9.71. The highest BCUT2D eigenvalue weighted by molar-refractivity contribution is 7.16. The molecule has 3 aliphatic rings. The number of nitrogen functional groups attached to an aromatic ring is 1. The van der Waals surface area contributed by atoms with E-state index in [0.29, 0.717) is 31.3 Å². The number of halogens is 1. The standard InChI is InChI=1S/C32H46FN7O4S/c1-17(2)22-23-21(45-24(22)34)9-8-12-32(23,7)27-35-26(39-44-27)25-36-28(40-14-31(6,41)16-42-15-30(40,4)5)38-29(37-25)43-18(3)19-10-11-20(33)13-19/h17-20,41H,8-16,34H2,1-7H3/t18-,19-,20-,31-,32-/m0/s1. The van der Waals surface area contributed by atoms with Gasteiger partial charge in [0.25, 0.3) is 0 Å². The van der Waals surface area contributed by atoms with Crippen LogP contribution in [-0.2, 0) is 16.6 Å². The predicted molar refractivity (Wildman–Crippen MR) is 171 cm³/mol. The van der Waals surface area contributed by atoms with E-state index in [1.54, 1.807) is 18.3 Å². The normalized spacial score (nSPS) is 29.1. The Labute approximate surface area is 268 Å². The van der Waals surface area contributed by atoms with Gasteiger partial charge in [-0.2, -0.15) is 19.9 Å². The fourth-order valence-corrected chi connectivity index (χ4v) is 8.55. The van der Waals surface area contributed by atoms with Crippen LogP contribution in [0.15, 0.2) is 4.52 Å². The Bertz CT molecular complexity index is 1540. The largest absolute Gasteiger partial charge is 0.460 e. The van der Waals surface area contributed by atoms with Crippen LogP contribution in [0.4, 0.5) is 15.3 Å². The molecule has 3 aromatic heterocycles. The number of aromatic nitrogens is 5. The third kappa shape index (κ3) is 6.15. The molecule has 3 aromatic rings. The van der Waals surface area contributed by atoms with Crippen molar-refractivity contribution in [2.45, 2.75) is 122 Å². The van der Waals surface area contributed by atoms with Crippen molar-refractivity contribution in [1.29, 1.82) is 0 Å². The molecule has 13 heteroatoms. The highest BCUT2D eigenvalue weighted by Crippen LogP contribution is 2.50. The first kappa shape index (κ1) is 32.1. The molecular weight excluding hydrogens is 597 g/mol. The van der Waals surface area contributed by atoms with E-state index < -0.39 is 22.7 Å². The van der Waals surface area contributed by atoms with E-state index in [2.05, 4.69) is 30.9 Å². The van der Waals surface area contributed by atoms with Crippen molar-refractivity contribution < 1.29 is 23.5 Å². The molecule has 246 valence electrons. The molecule has 4 heterocycles. The van der Waals surface area contributed by atoms with Gasteiger partial charge in [0, 0.05) is 4.88 Å². The number of nitrogens with two attached hydrogens (primary N) is 1. The SMILES string of the molecule is CC(C)c1c(N)sc2c1[C@@](C)(c1nc(-c3nc(O[C@@H](C)[C@H]4CC[C@H](F)C4)nc(N4C[C@](C)(O)COCC4(C)C)n3)no1)CCC2. The molecule has 1 saturated carbocycles. The van der Waals surface area contributed by atoms with Crippen LogP contribution >= 0.6 is 11.3 Å². The summed E-state index contributed by atoms with van der Waals surface area (Å²) in [5, 5.41) is 16.3. The molecule has 1 saturated heterocycles. The minimum absolute atomic E-state index is 0.0536. The molecule has 3 N–H and O–H groups in total. The van der Waals surface area contributed by atoms with E-state index in [0.717, 1.165) is 36.2 Å². The summed E-state index contributed by atoms with van der Waals surface area (Å²) in [6.07, 6.45) is 3.40. The zero-order valence-electron chi connectivity index (χ0n) is 27.4. The fourth-order valence-electron chi connectivity index (χ4n) is 7.15. The van der Waals surface area contributed by atoms with Crippen LogP contribution < -0.4 is 15.4 Å². The van der Waals surface area contributed by atoms with Crippen LogP contribution in [0.2, 0.25) is 0 Å². The smallest absolute Gasteiger partial charge is 0.322 e. The van der Waals surface area contributed by atoms with Crippen LogP contribution in [0.3, 0.4) is 0 Å². The summed E-state index contributed by atoms with van der Waals surface area (Å²) in [5.41, 5.74) is 6.67. The van der Waals surface area contributed by atoms with Gasteiger partial charge in [0.15, 0.2) is 0 Å². The molecule has 0 aromatic carbocycles. The lowest BCUT2D eigenvalue weighted by Crippen LogP contribution is -2.52. The minimum Gasteiger partial charge on any atom is -0.460 e. The van der Waals surface area contributed by atoms with Crippen molar-refractivity contribution in [3.05, 3.63) is 21.9 Å². The van der Waals surface area contributed by atoms with Gasteiger partial charge in [0.05, 0.1) is 35.7 Å². The molecule has 6 rings (SSSR count). The Morgan fingerprint density at radius 3 is 2.56 bits per heavy atom. The summed E-state index contributed by atoms with van der Waals surface area (Å²) in [6, 6.07) is 0.0932. The second-order valence-electron chi connectivity index (χ2n) is 14.6. The number of hydrogen-bond acceptors (Lipinski definition) is 12. The van der Waals surface area contributed by atoms with E-state index in [4.69, 9.17) is 34.7 Å². The van der Waals surface area contributed by atoms with Crippen molar-refractivity contribution >= 4 is 22.3 Å². The molecule has 1 aliphatic heterocycles. The zero-order valence-corrected chi connectivity index (χ0v) is 28.2. The Hall–Kier alpha value is -2.90. The highest BCUT2D eigenvalue weighted by atomic mass is 32.1. The Kier molecular flexibility index (Phi) is 8.35. The van der Waals surface area contributed by atoms with Crippen molar-refractivity contribution in [2.24, 2.45) is 5.92 Å². The van der Waals surface area contributed by atoms with Crippen LogP contribution in [0.25, 0.3) is 11.6 Å². The quantitative estimate of drug-likeness (QED) is 0.332. The Morgan fingerprint density at radius 2 is 1.84 bits per heavy atom. The number of nitrogens with zero attached hydrogens (tertiary/aromatic N) is 6. The number of hydrogen-bond donors (Lipinski definition) is 2. The van der Waals surface area contributed by atoms with Gasteiger partial charge < -0.3 is 29.7 Å². The maximum atomic E-state index is 14.0. The number of aryl methyl sites for hydroxylation is 1. The van der Waals surface area contributed by atoms with Crippen molar-refractivity contribution in [3.8, 4) is 17.7 Å². The molecule has 11 nitrogen and oxygen atoms in total. The maximum Gasteiger partial charge on any atom is 0.322 e. The predicted octanol–water partition coefficient (Wildman–Crippen LogP) is 5.60. The monoisotopic (exact) mass is 643 g/mol. The number of aliphatic hydroxyl groups is 1. The van der Waals surface area contributed by atoms with Crippen molar-refractivity contribution in [3.63, 3.8) is 0 Å². The summed E-state index contributed by atoms with van der Waals surface area (Å²) in [7, 11) is 0. The number of β-amino-alcohol motifs (C(OH)–C–C–N with tert-alkyl or cyclic N) is 1. The number of thiophene rings is 1. The first-order valence-electron chi connectivity index (χ1n) is 16.1. The zero-order chi connectivity index (χ0) is 32.3. The summed E-state index contributed by atoms with van der Waals surface area (Å²) in [5.74, 6) is 1.51. The van der Waals surface area contributed by atoms with E-state index in [9.17, 15) is 9.50 Å². The average molecular weight is 644 g/mol. The number of rotatable bonds is 7. The summed E-state index contributed by atoms with van der Waals surface area (Å²) in [6.45, 7) is 14.9. The van der Waals surface area contributed by atoms with E-state index in [-0.39, 0.29) is 48.8 Å². The number of anilines is 2. The van der Waals surface area contributed by atoms with E-state index in [1.807, 2.05) is 25.7 Å². The fraction of sp³-hybridized carbons (Fsp3) is 0.719. The van der Waals surface area contributed by atoms with Gasteiger partial charge in [-0.15, -0.1) is 11.3 Å².